The van der Waals surface area contributed by atoms with E-state index in [0.29, 0.717) is 11.5 Å². The average Bonchev–Trinajstić information content (AvgIpc) is 2.01. The van der Waals surface area contributed by atoms with Crippen LogP contribution in [0.25, 0.3) is 0 Å². The Bertz CT molecular complexity index is 381. The second-order valence-electron chi connectivity index (χ2n) is 3.09. The van der Waals surface area contributed by atoms with E-state index < -0.39 is 0 Å². The fourth-order valence-corrected chi connectivity index (χ4v) is 1.03. The first-order valence-electron chi connectivity index (χ1n) is 4.09. The highest BCUT2D eigenvalue weighted by Crippen LogP contribution is 2.10. The highest BCUT2D eigenvalue weighted by Gasteiger charge is 2.12. The number of nitrogens with zero attached hydrogens (tertiary/aromatic N) is 1. The van der Waals surface area contributed by atoms with E-state index in [-0.39, 0.29) is 17.3 Å². The first kappa shape index (κ1) is 9.64. The van der Waals surface area contributed by atoms with E-state index in [9.17, 15) is 9.59 Å². The summed E-state index contributed by atoms with van der Waals surface area (Å²) in [6.45, 7) is 4.92. The summed E-state index contributed by atoms with van der Waals surface area (Å²) in [7, 11) is 0. The topological polar surface area (TPSA) is 62.8 Å². The van der Waals surface area contributed by atoms with Gasteiger partial charge in [0.2, 0.25) is 0 Å². The van der Waals surface area contributed by atoms with Crippen molar-refractivity contribution in [2.75, 3.05) is 0 Å². The molecule has 0 radical (unpaired) electrons. The van der Waals surface area contributed by atoms with Gasteiger partial charge in [-0.25, -0.2) is 4.98 Å². The lowest BCUT2D eigenvalue weighted by atomic mass is 10.0. The van der Waals surface area contributed by atoms with Gasteiger partial charge in [-0.1, -0.05) is 0 Å². The Morgan fingerprint density at radius 2 is 2.23 bits per heavy atom. The molecule has 0 bridgehead atoms. The molecule has 0 saturated heterocycles. The van der Waals surface area contributed by atoms with Crippen molar-refractivity contribution in [3.63, 3.8) is 0 Å². The Morgan fingerprint density at radius 3 is 2.69 bits per heavy atom. The Labute approximate surface area is 76.0 Å². The van der Waals surface area contributed by atoms with E-state index in [1.54, 1.807) is 13.8 Å². The van der Waals surface area contributed by atoms with Crippen molar-refractivity contribution in [3.05, 3.63) is 27.9 Å². The summed E-state index contributed by atoms with van der Waals surface area (Å²) in [4.78, 5) is 28.7. The van der Waals surface area contributed by atoms with Crippen LogP contribution >= 0.6 is 0 Å². The lowest BCUT2D eigenvalue weighted by Crippen LogP contribution is -2.15. The van der Waals surface area contributed by atoms with Gasteiger partial charge >= 0.3 is 0 Å². The lowest BCUT2D eigenvalue weighted by Gasteiger charge is -2.06. The Kier molecular flexibility index (Phi) is 2.60. The summed E-state index contributed by atoms with van der Waals surface area (Å²) in [6.07, 6.45) is 0. The number of aromatic amines is 1. The zero-order valence-corrected chi connectivity index (χ0v) is 7.92. The van der Waals surface area contributed by atoms with Gasteiger partial charge in [0.25, 0.3) is 5.56 Å². The van der Waals surface area contributed by atoms with Crippen molar-refractivity contribution in [1.29, 1.82) is 0 Å². The normalized spacial score (nSPS) is 12.5. The van der Waals surface area contributed by atoms with E-state index in [0.717, 1.165) is 0 Å². The zero-order valence-electron chi connectivity index (χ0n) is 7.92. The maximum atomic E-state index is 11.0. The maximum Gasteiger partial charge on any atom is 0.251 e. The van der Waals surface area contributed by atoms with Crippen molar-refractivity contribution in [1.82, 2.24) is 9.97 Å². The molecule has 70 valence electrons. The smallest absolute Gasteiger partial charge is 0.251 e. The standard InChI is InChI=1S/C9H12N2O2/c1-5(6(2)12)8-4-9(13)11-7(3)10-8/h4-5H,1-3H3,(H,10,11,13). The minimum Gasteiger partial charge on any atom is -0.311 e. The molecule has 1 rings (SSSR count). The molecule has 1 aromatic rings. The maximum absolute atomic E-state index is 11.0. The van der Waals surface area contributed by atoms with E-state index in [4.69, 9.17) is 0 Å². The monoisotopic (exact) mass is 180 g/mol. The minimum absolute atomic E-state index is 0.0116. The summed E-state index contributed by atoms with van der Waals surface area (Å²) >= 11 is 0. The summed E-state index contributed by atoms with van der Waals surface area (Å²) < 4.78 is 0. The molecule has 1 unspecified atom stereocenters. The summed E-state index contributed by atoms with van der Waals surface area (Å²) in [6, 6.07) is 1.36. The fraction of sp³-hybridized carbons (Fsp3) is 0.444. The predicted molar refractivity (Wildman–Crippen MR) is 48.7 cm³/mol. The van der Waals surface area contributed by atoms with Crippen LogP contribution < -0.4 is 5.56 Å². The second kappa shape index (κ2) is 3.51. The van der Waals surface area contributed by atoms with Gasteiger partial charge in [-0.15, -0.1) is 0 Å². The molecule has 1 heterocycles. The third-order valence-corrected chi connectivity index (χ3v) is 1.93. The molecule has 0 fully saturated rings. The molecule has 0 saturated carbocycles. The largest absolute Gasteiger partial charge is 0.311 e. The molecule has 1 atom stereocenters. The van der Waals surface area contributed by atoms with Gasteiger partial charge in [-0.3, -0.25) is 9.59 Å². The molecule has 0 aliphatic heterocycles. The summed E-state index contributed by atoms with van der Waals surface area (Å²) in [5, 5.41) is 0. The van der Waals surface area contributed by atoms with Crippen LogP contribution in [-0.4, -0.2) is 15.8 Å². The van der Waals surface area contributed by atoms with Crippen molar-refractivity contribution in [3.8, 4) is 0 Å². The van der Waals surface area contributed by atoms with Crippen molar-refractivity contribution < 1.29 is 4.79 Å². The zero-order chi connectivity index (χ0) is 10.0. The molecule has 1 aromatic heterocycles. The molecular weight excluding hydrogens is 168 g/mol. The number of hydrogen-bond donors (Lipinski definition) is 1. The molecule has 4 heteroatoms. The third kappa shape index (κ3) is 2.24. The van der Waals surface area contributed by atoms with Gasteiger partial charge in [-0.05, 0) is 20.8 Å². The number of rotatable bonds is 2. The van der Waals surface area contributed by atoms with Gasteiger partial charge in [-0.2, -0.15) is 0 Å². The van der Waals surface area contributed by atoms with Crippen LogP contribution in [0.1, 0.15) is 31.3 Å². The average molecular weight is 180 g/mol. The number of aryl methyl sites for hydroxylation is 1. The molecule has 13 heavy (non-hydrogen) atoms. The van der Waals surface area contributed by atoms with Crippen LogP contribution in [0.5, 0.6) is 0 Å². The molecule has 1 N–H and O–H groups in total. The number of Topliss-reactive ketones (excluding diaryl/α,β-unsaturated/α-hetero) is 1. The van der Waals surface area contributed by atoms with Gasteiger partial charge < -0.3 is 4.98 Å². The minimum atomic E-state index is -0.305. The first-order valence-corrected chi connectivity index (χ1v) is 4.09. The molecule has 0 aliphatic carbocycles. The van der Waals surface area contributed by atoms with Crippen LogP contribution in [0.15, 0.2) is 10.9 Å². The summed E-state index contributed by atoms with van der Waals surface area (Å²) in [5.41, 5.74) is 0.323. The molecular formula is C9H12N2O2. The highest BCUT2D eigenvalue weighted by atomic mass is 16.1. The molecule has 0 spiro atoms. The first-order chi connectivity index (χ1) is 6.00. The van der Waals surface area contributed by atoms with Crippen molar-refractivity contribution in [2.45, 2.75) is 26.7 Å². The number of nitrogens with one attached hydrogen (secondary N) is 1. The Morgan fingerprint density at radius 1 is 1.62 bits per heavy atom. The van der Waals surface area contributed by atoms with E-state index in [1.165, 1.54) is 13.0 Å². The fourth-order valence-electron chi connectivity index (χ4n) is 1.03. The Balaban J connectivity index is 3.15. The lowest BCUT2D eigenvalue weighted by molar-refractivity contribution is -0.118. The van der Waals surface area contributed by atoms with Gasteiger partial charge in [0.15, 0.2) is 0 Å². The van der Waals surface area contributed by atoms with Crippen LogP contribution in [0.2, 0.25) is 0 Å². The SMILES string of the molecule is CC(=O)C(C)c1cc(=O)[nH]c(C)n1. The van der Waals surface area contributed by atoms with Crippen LogP contribution in [0.3, 0.4) is 0 Å². The summed E-state index contributed by atoms with van der Waals surface area (Å²) in [5.74, 6) is 0.245. The number of carbonyl (C=O) groups is 1. The number of carbonyl (C=O) groups excluding carboxylic acids is 1. The van der Waals surface area contributed by atoms with Gasteiger partial charge in [0.05, 0.1) is 11.6 Å². The predicted octanol–water partition coefficient (Wildman–Crippen LogP) is 0.771. The molecule has 0 aliphatic rings. The molecule has 0 aromatic carbocycles. The molecule has 4 nitrogen and oxygen atoms in total. The third-order valence-electron chi connectivity index (χ3n) is 1.93. The number of aromatic nitrogens is 2. The van der Waals surface area contributed by atoms with Gasteiger partial charge in [0, 0.05) is 6.07 Å². The molecule has 0 amide bonds. The van der Waals surface area contributed by atoms with E-state index in [2.05, 4.69) is 9.97 Å². The number of H-pyrrole nitrogens is 1. The Hall–Kier alpha value is -1.45. The van der Waals surface area contributed by atoms with Gasteiger partial charge in [0.1, 0.15) is 11.6 Å². The van der Waals surface area contributed by atoms with Crippen LogP contribution in [-0.2, 0) is 4.79 Å². The quantitative estimate of drug-likeness (QED) is 0.731. The van der Waals surface area contributed by atoms with E-state index >= 15 is 0 Å². The second-order valence-corrected chi connectivity index (χ2v) is 3.09. The number of hydrogen-bond acceptors (Lipinski definition) is 3. The van der Waals surface area contributed by atoms with Crippen LogP contribution in [0.4, 0.5) is 0 Å². The van der Waals surface area contributed by atoms with Crippen molar-refractivity contribution in [2.24, 2.45) is 0 Å². The van der Waals surface area contributed by atoms with Crippen molar-refractivity contribution >= 4 is 5.78 Å². The van der Waals surface area contributed by atoms with E-state index in [1.807, 2.05) is 0 Å². The number of ketones is 1. The highest BCUT2D eigenvalue weighted by molar-refractivity contribution is 5.82. The van der Waals surface area contributed by atoms with Crippen LogP contribution in [0, 0.1) is 6.92 Å².